The minimum Gasteiger partial charge on any atom is -0.383 e. The zero-order chi connectivity index (χ0) is 15.9. The molecular formula is C16H30N4O. The molecule has 5 nitrogen and oxygen atoms in total. The van der Waals surface area contributed by atoms with Gasteiger partial charge in [-0.1, -0.05) is 13.8 Å². The lowest BCUT2D eigenvalue weighted by Crippen LogP contribution is -2.35. The van der Waals surface area contributed by atoms with Crippen LogP contribution in [0, 0.1) is 5.92 Å². The van der Waals surface area contributed by atoms with Crippen molar-refractivity contribution in [2.45, 2.75) is 46.7 Å². The molecule has 0 unspecified atom stereocenters. The second kappa shape index (κ2) is 8.29. The molecule has 0 saturated carbocycles. The highest BCUT2D eigenvalue weighted by atomic mass is 16.5. The largest absolute Gasteiger partial charge is 0.383 e. The third-order valence-corrected chi connectivity index (χ3v) is 2.95. The van der Waals surface area contributed by atoms with Crippen LogP contribution in [0.1, 0.15) is 40.2 Å². The van der Waals surface area contributed by atoms with E-state index in [0.717, 1.165) is 31.1 Å². The Kier molecular flexibility index (Phi) is 7.05. The van der Waals surface area contributed by atoms with Crippen LogP contribution in [-0.2, 0) is 11.3 Å². The van der Waals surface area contributed by atoms with Gasteiger partial charge >= 0.3 is 0 Å². The first-order valence-corrected chi connectivity index (χ1v) is 7.61. The van der Waals surface area contributed by atoms with Gasteiger partial charge in [0.1, 0.15) is 0 Å². The summed E-state index contributed by atoms with van der Waals surface area (Å²) in [6.07, 6.45) is 3.81. The summed E-state index contributed by atoms with van der Waals surface area (Å²) in [7, 11) is 1.72. The lowest BCUT2D eigenvalue weighted by atomic mass is 10.1. The highest BCUT2D eigenvalue weighted by molar-refractivity contribution is 5.29. The molecule has 1 N–H and O–H groups in total. The highest BCUT2D eigenvalue weighted by Gasteiger charge is 2.12. The van der Waals surface area contributed by atoms with Gasteiger partial charge in [0.05, 0.1) is 6.61 Å². The Morgan fingerprint density at radius 3 is 2.33 bits per heavy atom. The van der Waals surface area contributed by atoms with Crippen molar-refractivity contribution in [2.75, 3.05) is 31.7 Å². The molecule has 1 heterocycles. The normalized spacial score (nSPS) is 12.0. The van der Waals surface area contributed by atoms with Crippen LogP contribution in [0.15, 0.2) is 12.4 Å². The molecule has 0 atom stereocenters. The number of aromatic nitrogens is 2. The van der Waals surface area contributed by atoms with E-state index in [1.807, 2.05) is 12.4 Å². The molecule has 1 aromatic heterocycles. The monoisotopic (exact) mass is 294 g/mol. The first-order chi connectivity index (χ1) is 9.81. The quantitative estimate of drug-likeness (QED) is 0.798. The number of nitrogens with zero attached hydrogens (tertiary/aromatic N) is 3. The smallest absolute Gasteiger partial charge is 0.225 e. The minimum atomic E-state index is 0.0980. The Morgan fingerprint density at radius 2 is 1.86 bits per heavy atom. The molecule has 0 saturated heterocycles. The predicted molar refractivity (Wildman–Crippen MR) is 87.6 cm³/mol. The van der Waals surface area contributed by atoms with E-state index in [9.17, 15) is 0 Å². The van der Waals surface area contributed by atoms with Gasteiger partial charge in [0, 0.05) is 50.2 Å². The van der Waals surface area contributed by atoms with Gasteiger partial charge in [-0.05, 0) is 26.7 Å². The third-order valence-electron chi connectivity index (χ3n) is 2.95. The van der Waals surface area contributed by atoms with Crippen LogP contribution in [0.25, 0.3) is 0 Å². The van der Waals surface area contributed by atoms with Gasteiger partial charge in [0.2, 0.25) is 5.95 Å². The first-order valence-electron chi connectivity index (χ1n) is 7.61. The van der Waals surface area contributed by atoms with Crippen molar-refractivity contribution in [1.29, 1.82) is 0 Å². The van der Waals surface area contributed by atoms with E-state index in [-0.39, 0.29) is 5.54 Å². The molecule has 1 rings (SSSR count). The summed E-state index contributed by atoms with van der Waals surface area (Å²) >= 11 is 0. The summed E-state index contributed by atoms with van der Waals surface area (Å²) in [6.45, 7) is 14.1. The molecule has 0 bridgehead atoms. The van der Waals surface area contributed by atoms with Gasteiger partial charge in [-0.3, -0.25) is 0 Å². The van der Waals surface area contributed by atoms with E-state index in [4.69, 9.17) is 4.74 Å². The molecule has 1 aromatic rings. The molecular weight excluding hydrogens is 264 g/mol. The third kappa shape index (κ3) is 7.39. The van der Waals surface area contributed by atoms with Crippen LogP contribution in [0.4, 0.5) is 5.95 Å². The predicted octanol–water partition coefficient (Wildman–Crippen LogP) is 2.47. The molecule has 0 aromatic carbocycles. The average molecular weight is 294 g/mol. The highest BCUT2D eigenvalue weighted by Crippen LogP contribution is 2.10. The summed E-state index contributed by atoms with van der Waals surface area (Å²) in [5.41, 5.74) is 1.20. The van der Waals surface area contributed by atoms with E-state index >= 15 is 0 Å². The van der Waals surface area contributed by atoms with Crippen molar-refractivity contribution >= 4 is 5.95 Å². The second-order valence-electron chi connectivity index (χ2n) is 6.83. The van der Waals surface area contributed by atoms with Crippen molar-refractivity contribution in [3.63, 3.8) is 0 Å². The van der Waals surface area contributed by atoms with Crippen molar-refractivity contribution in [3.8, 4) is 0 Å². The minimum absolute atomic E-state index is 0.0980. The van der Waals surface area contributed by atoms with Crippen LogP contribution in [0.2, 0.25) is 0 Å². The molecule has 120 valence electrons. The van der Waals surface area contributed by atoms with Crippen molar-refractivity contribution < 1.29 is 4.74 Å². The number of anilines is 1. The number of ether oxygens (including phenoxy) is 1. The summed E-state index contributed by atoms with van der Waals surface area (Å²) < 4.78 is 5.17. The number of rotatable bonds is 8. The van der Waals surface area contributed by atoms with E-state index < -0.39 is 0 Å². The maximum absolute atomic E-state index is 5.17. The van der Waals surface area contributed by atoms with Crippen LogP contribution in [0.5, 0.6) is 0 Å². The molecule has 0 aliphatic rings. The van der Waals surface area contributed by atoms with Gasteiger partial charge in [0.15, 0.2) is 0 Å². The maximum atomic E-state index is 5.17. The lowest BCUT2D eigenvalue weighted by molar-refractivity contribution is 0.204. The summed E-state index contributed by atoms with van der Waals surface area (Å²) in [5.74, 6) is 1.34. The summed E-state index contributed by atoms with van der Waals surface area (Å²) in [5, 5.41) is 3.44. The number of hydrogen-bond acceptors (Lipinski definition) is 5. The molecule has 0 spiro atoms. The topological polar surface area (TPSA) is 50.3 Å². The Balaban J connectivity index is 2.68. The van der Waals surface area contributed by atoms with Crippen LogP contribution in [0.3, 0.4) is 0 Å². The molecule has 0 radical (unpaired) electrons. The Bertz CT molecular complexity index is 398. The molecule has 0 aliphatic carbocycles. The van der Waals surface area contributed by atoms with Gasteiger partial charge in [-0.25, -0.2) is 9.97 Å². The van der Waals surface area contributed by atoms with E-state index in [2.05, 4.69) is 54.8 Å². The fourth-order valence-corrected chi connectivity index (χ4v) is 1.88. The van der Waals surface area contributed by atoms with Crippen LogP contribution in [-0.4, -0.2) is 42.3 Å². The SMILES string of the molecule is COCCN(CC(C)C)c1ncc(CNC(C)(C)C)cn1. The number of nitrogens with one attached hydrogen (secondary N) is 1. The molecule has 5 heteroatoms. The van der Waals surface area contributed by atoms with E-state index in [1.54, 1.807) is 7.11 Å². The van der Waals surface area contributed by atoms with Gasteiger partial charge < -0.3 is 15.0 Å². The van der Waals surface area contributed by atoms with Crippen molar-refractivity contribution in [2.24, 2.45) is 5.92 Å². The van der Waals surface area contributed by atoms with E-state index in [0.29, 0.717) is 12.5 Å². The Hall–Kier alpha value is -1.20. The second-order valence-corrected chi connectivity index (χ2v) is 6.83. The fourth-order valence-electron chi connectivity index (χ4n) is 1.88. The summed E-state index contributed by atoms with van der Waals surface area (Å²) in [4.78, 5) is 11.2. The van der Waals surface area contributed by atoms with Gasteiger partial charge in [-0.2, -0.15) is 0 Å². The van der Waals surface area contributed by atoms with Crippen molar-refractivity contribution in [1.82, 2.24) is 15.3 Å². The number of methoxy groups -OCH3 is 1. The van der Waals surface area contributed by atoms with Gasteiger partial charge in [0.25, 0.3) is 0 Å². The van der Waals surface area contributed by atoms with Gasteiger partial charge in [-0.15, -0.1) is 0 Å². The van der Waals surface area contributed by atoms with Crippen LogP contribution >= 0.6 is 0 Å². The molecule has 21 heavy (non-hydrogen) atoms. The maximum Gasteiger partial charge on any atom is 0.225 e. The van der Waals surface area contributed by atoms with E-state index in [1.165, 1.54) is 0 Å². The molecule has 0 aliphatic heterocycles. The number of hydrogen-bond donors (Lipinski definition) is 1. The lowest BCUT2D eigenvalue weighted by Gasteiger charge is -2.24. The zero-order valence-corrected chi connectivity index (χ0v) is 14.3. The first kappa shape index (κ1) is 17.9. The molecule has 0 fully saturated rings. The Morgan fingerprint density at radius 1 is 1.24 bits per heavy atom. The summed E-state index contributed by atoms with van der Waals surface area (Å²) in [6, 6.07) is 0. The standard InChI is InChI=1S/C16H30N4O/c1-13(2)12-20(7-8-21-6)15-17-9-14(10-18-15)11-19-16(3,4)5/h9-10,13,19H,7-8,11-12H2,1-6H3. The van der Waals surface area contributed by atoms with Crippen molar-refractivity contribution in [3.05, 3.63) is 18.0 Å². The Labute approximate surface area is 129 Å². The fraction of sp³-hybridized carbons (Fsp3) is 0.750. The van der Waals surface area contributed by atoms with Crippen LogP contribution < -0.4 is 10.2 Å². The average Bonchev–Trinajstić information content (AvgIpc) is 2.40. The zero-order valence-electron chi connectivity index (χ0n) is 14.3. The molecule has 0 amide bonds.